The molecule has 0 N–H and O–H groups in total. The molecule has 0 radical (unpaired) electrons. The number of amidine groups is 1. The third kappa shape index (κ3) is 5.39. The topological polar surface area (TPSA) is 83.9 Å². The van der Waals surface area contributed by atoms with Crippen LogP contribution in [0.15, 0.2) is 51.6 Å². The van der Waals surface area contributed by atoms with Gasteiger partial charge in [0.05, 0.1) is 44.6 Å². The average molecular weight is 501 g/mol. The number of nitrogens with zero attached hydrogens (tertiary/aromatic N) is 4. The minimum absolute atomic E-state index is 0.0730. The van der Waals surface area contributed by atoms with Crippen molar-refractivity contribution in [2.24, 2.45) is 4.99 Å². The highest BCUT2D eigenvalue weighted by Crippen LogP contribution is 2.45. The van der Waals surface area contributed by atoms with Gasteiger partial charge >= 0.3 is 5.97 Å². The molecule has 9 nitrogen and oxygen atoms in total. The highest BCUT2D eigenvalue weighted by Gasteiger charge is 2.41. The number of ether oxygens (including phenoxy) is 3. The van der Waals surface area contributed by atoms with Crippen molar-refractivity contribution in [1.29, 1.82) is 0 Å². The average Bonchev–Trinajstić information content (AvgIpc) is 3.28. The Balaban J connectivity index is 1.55. The fourth-order valence-corrected chi connectivity index (χ4v) is 5.51. The third-order valence-corrected chi connectivity index (χ3v) is 7.40. The van der Waals surface area contributed by atoms with Crippen LogP contribution in [0.5, 0.6) is 5.75 Å². The van der Waals surface area contributed by atoms with Crippen molar-refractivity contribution in [3.05, 3.63) is 52.2 Å². The first-order chi connectivity index (χ1) is 17.0. The van der Waals surface area contributed by atoms with E-state index >= 15 is 0 Å². The summed E-state index contributed by atoms with van der Waals surface area (Å²) in [5.41, 5.74) is 2.81. The van der Waals surface area contributed by atoms with Crippen LogP contribution in [0.2, 0.25) is 0 Å². The van der Waals surface area contributed by atoms with Crippen LogP contribution in [0.25, 0.3) is 0 Å². The van der Waals surface area contributed by atoms with E-state index in [1.807, 2.05) is 46.4 Å². The Bertz CT molecular complexity index is 1040. The Hall–Kier alpha value is -2.82. The molecule has 1 aromatic rings. The highest BCUT2D eigenvalue weighted by molar-refractivity contribution is 8.16. The fourth-order valence-electron chi connectivity index (χ4n) is 4.55. The van der Waals surface area contributed by atoms with Gasteiger partial charge in [-0.2, -0.15) is 0 Å². The van der Waals surface area contributed by atoms with Gasteiger partial charge in [0.15, 0.2) is 5.17 Å². The van der Waals surface area contributed by atoms with Crippen molar-refractivity contribution in [2.45, 2.75) is 19.4 Å². The van der Waals surface area contributed by atoms with E-state index in [1.54, 1.807) is 14.2 Å². The number of amides is 1. The van der Waals surface area contributed by atoms with Gasteiger partial charge in [0.2, 0.25) is 5.91 Å². The molecule has 3 aliphatic rings. The number of fused-ring (bicyclic) bond motifs is 1. The van der Waals surface area contributed by atoms with Crippen LogP contribution in [-0.4, -0.2) is 92.4 Å². The molecule has 4 rings (SSSR count). The molecule has 1 fully saturated rings. The zero-order valence-electron chi connectivity index (χ0n) is 20.7. The Labute approximate surface area is 210 Å². The lowest BCUT2D eigenvalue weighted by atomic mass is 9.93. The van der Waals surface area contributed by atoms with Gasteiger partial charge in [0.25, 0.3) is 0 Å². The predicted octanol–water partition coefficient (Wildman–Crippen LogP) is 2.62. The smallest absolute Gasteiger partial charge is 0.338 e. The normalized spacial score (nSPS) is 20.4. The minimum Gasteiger partial charge on any atom is -0.497 e. The van der Waals surface area contributed by atoms with Gasteiger partial charge in [-0.05, 0) is 30.0 Å². The van der Waals surface area contributed by atoms with Crippen molar-refractivity contribution in [2.75, 3.05) is 60.7 Å². The largest absolute Gasteiger partial charge is 0.497 e. The predicted molar refractivity (Wildman–Crippen MR) is 135 cm³/mol. The van der Waals surface area contributed by atoms with E-state index in [1.165, 1.54) is 18.9 Å². The summed E-state index contributed by atoms with van der Waals surface area (Å²) in [5, 5.41) is 2.72. The van der Waals surface area contributed by atoms with Crippen molar-refractivity contribution in [1.82, 2.24) is 14.7 Å². The Kier molecular flexibility index (Phi) is 8.15. The summed E-state index contributed by atoms with van der Waals surface area (Å²) in [6.07, 6.45) is 0.240. The van der Waals surface area contributed by atoms with Crippen LogP contribution < -0.4 is 4.74 Å². The van der Waals surface area contributed by atoms with Crippen LogP contribution in [0.3, 0.4) is 0 Å². The lowest BCUT2D eigenvalue weighted by Gasteiger charge is -2.37. The van der Waals surface area contributed by atoms with Gasteiger partial charge < -0.3 is 24.0 Å². The molecule has 1 atom stereocenters. The third-order valence-electron chi connectivity index (χ3n) is 6.51. The van der Waals surface area contributed by atoms with Gasteiger partial charge in [-0.15, -0.1) is 0 Å². The maximum absolute atomic E-state index is 13.3. The van der Waals surface area contributed by atoms with Crippen LogP contribution in [0, 0.1) is 0 Å². The van der Waals surface area contributed by atoms with E-state index in [0.29, 0.717) is 31.0 Å². The number of carbonyl (C=O) groups excluding carboxylic acids is 2. The van der Waals surface area contributed by atoms with Crippen molar-refractivity contribution < 1.29 is 23.8 Å². The van der Waals surface area contributed by atoms with Gasteiger partial charge in [-0.3, -0.25) is 9.69 Å². The quantitative estimate of drug-likeness (QED) is 0.504. The highest BCUT2D eigenvalue weighted by atomic mass is 32.2. The lowest BCUT2D eigenvalue weighted by molar-refractivity contribution is -0.136. The van der Waals surface area contributed by atoms with E-state index in [0.717, 1.165) is 41.8 Å². The van der Waals surface area contributed by atoms with Crippen LogP contribution >= 0.6 is 11.8 Å². The molecule has 188 valence electrons. The van der Waals surface area contributed by atoms with Gasteiger partial charge in [-0.25, -0.2) is 9.79 Å². The number of hydrogen-bond donors (Lipinski definition) is 0. The molecule has 1 aromatic carbocycles. The SMILES string of the molecule is COCCN1CCN(C(=O)CC2=CSC3=NC(C)=C(C(=O)OC)[C@H](c4ccc(OC)cc4)N23)CC1. The first kappa shape index (κ1) is 25.3. The fraction of sp³-hybridized carbons (Fsp3) is 0.480. The second-order valence-corrected chi connectivity index (χ2v) is 9.39. The number of benzene rings is 1. The number of rotatable bonds is 8. The monoisotopic (exact) mass is 500 g/mol. The summed E-state index contributed by atoms with van der Waals surface area (Å²) < 4.78 is 15.6. The van der Waals surface area contributed by atoms with E-state index in [4.69, 9.17) is 14.2 Å². The number of methoxy groups -OCH3 is 3. The van der Waals surface area contributed by atoms with Gasteiger partial charge in [0, 0.05) is 45.5 Å². The first-order valence-electron chi connectivity index (χ1n) is 11.6. The summed E-state index contributed by atoms with van der Waals surface area (Å²) in [7, 11) is 4.69. The Morgan fingerprint density at radius 3 is 2.43 bits per heavy atom. The number of carbonyl (C=O) groups is 2. The molecule has 3 heterocycles. The second-order valence-electron chi connectivity index (χ2n) is 8.55. The molecule has 0 spiro atoms. The molecule has 10 heteroatoms. The minimum atomic E-state index is -0.444. The molecule has 35 heavy (non-hydrogen) atoms. The second kappa shape index (κ2) is 11.3. The van der Waals surface area contributed by atoms with Crippen molar-refractivity contribution in [3.8, 4) is 5.75 Å². The molecule has 0 aromatic heterocycles. The molecule has 0 aliphatic carbocycles. The van der Waals surface area contributed by atoms with Crippen LogP contribution in [0.1, 0.15) is 24.9 Å². The van der Waals surface area contributed by atoms with E-state index in [-0.39, 0.29) is 12.3 Å². The Morgan fingerprint density at radius 2 is 1.80 bits per heavy atom. The van der Waals surface area contributed by atoms with Crippen molar-refractivity contribution >= 4 is 28.8 Å². The number of esters is 1. The number of hydrogen-bond acceptors (Lipinski definition) is 9. The molecule has 1 amide bonds. The van der Waals surface area contributed by atoms with Crippen LogP contribution in [-0.2, 0) is 19.1 Å². The summed E-state index contributed by atoms with van der Waals surface area (Å²) in [4.78, 5) is 37.0. The standard InChI is InChI=1S/C25H32N4O5S/c1-17-22(24(31)34-4)23(18-5-7-20(33-3)8-6-18)29-19(16-35-25(29)26-17)15-21(30)28-11-9-27(10-12-28)13-14-32-2/h5-8,16,23H,9-15H2,1-4H3/t23-/m0/s1. The summed E-state index contributed by atoms with van der Waals surface area (Å²) >= 11 is 1.47. The number of thioether (sulfide) groups is 1. The number of allylic oxidation sites excluding steroid dienone is 1. The van der Waals surface area contributed by atoms with E-state index < -0.39 is 12.0 Å². The summed E-state index contributed by atoms with van der Waals surface area (Å²) in [6.45, 7) is 6.44. The van der Waals surface area contributed by atoms with E-state index in [2.05, 4.69) is 9.89 Å². The number of aliphatic imine (C=N–C) groups is 1. The molecule has 1 saturated heterocycles. The maximum atomic E-state index is 13.3. The van der Waals surface area contributed by atoms with E-state index in [9.17, 15) is 9.59 Å². The van der Waals surface area contributed by atoms with Gasteiger partial charge in [-0.1, -0.05) is 23.9 Å². The van der Waals surface area contributed by atoms with Crippen LogP contribution in [0.4, 0.5) is 0 Å². The molecule has 3 aliphatic heterocycles. The Morgan fingerprint density at radius 1 is 1.09 bits per heavy atom. The zero-order chi connectivity index (χ0) is 24.9. The first-order valence-corrected chi connectivity index (χ1v) is 12.5. The number of piperazine rings is 1. The molecular weight excluding hydrogens is 468 g/mol. The van der Waals surface area contributed by atoms with Crippen molar-refractivity contribution in [3.63, 3.8) is 0 Å². The molecular formula is C25H32N4O5S. The summed E-state index contributed by atoms with van der Waals surface area (Å²) in [5.74, 6) is 0.370. The molecule has 0 saturated carbocycles. The van der Waals surface area contributed by atoms with Gasteiger partial charge in [0.1, 0.15) is 5.75 Å². The molecule has 0 bridgehead atoms. The molecule has 0 unspecified atom stereocenters. The summed E-state index contributed by atoms with van der Waals surface area (Å²) in [6, 6.07) is 7.16. The zero-order valence-corrected chi connectivity index (χ0v) is 21.5. The lowest BCUT2D eigenvalue weighted by Crippen LogP contribution is -2.49. The maximum Gasteiger partial charge on any atom is 0.338 e.